The molecule has 0 saturated carbocycles. The summed E-state index contributed by atoms with van der Waals surface area (Å²) in [5.41, 5.74) is 4.80. The van der Waals surface area contributed by atoms with Gasteiger partial charge in [0.2, 0.25) is 0 Å². The first-order valence-corrected chi connectivity index (χ1v) is 9.59. The normalized spacial score (nSPS) is 14.2. The van der Waals surface area contributed by atoms with Gasteiger partial charge in [0, 0.05) is 13.2 Å². The first kappa shape index (κ1) is 21.5. The van der Waals surface area contributed by atoms with Gasteiger partial charge < -0.3 is 20.0 Å². The van der Waals surface area contributed by atoms with Crippen molar-refractivity contribution in [3.63, 3.8) is 0 Å². The maximum Gasteiger partial charge on any atom is 0.417 e. The van der Waals surface area contributed by atoms with Gasteiger partial charge >= 0.3 is 11.3 Å². The monoisotopic (exact) mass is 446 g/mol. The second kappa shape index (κ2) is 7.92. The number of pyridine rings is 1. The van der Waals surface area contributed by atoms with Gasteiger partial charge in [0.25, 0.3) is 0 Å². The summed E-state index contributed by atoms with van der Waals surface area (Å²) >= 11 is 3.81. The SMILES string of the molecule is Cn1c(-c2cccc(Cl)c2[S+]([O-])C(=O)C(N)CO)nc2cc(C(F)(F)F)cnc21. The van der Waals surface area contributed by atoms with Crippen LogP contribution in [0.1, 0.15) is 5.56 Å². The molecule has 2 aromatic heterocycles. The fourth-order valence-electron chi connectivity index (χ4n) is 2.66. The van der Waals surface area contributed by atoms with Crippen LogP contribution in [0, 0.1) is 0 Å². The molecule has 2 atom stereocenters. The molecule has 0 aliphatic carbocycles. The quantitative estimate of drug-likeness (QED) is 0.594. The molecule has 2 unspecified atom stereocenters. The minimum atomic E-state index is -4.59. The molecule has 0 bridgehead atoms. The van der Waals surface area contributed by atoms with Crippen LogP contribution in [0.25, 0.3) is 22.6 Å². The van der Waals surface area contributed by atoms with Crippen LogP contribution in [0.3, 0.4) is 0 Å². The van der Waals surface area contributed by atoms with Crippen molar-refractivity contribution in [1.29, 1.82) is 0 Å². The van der Waals surface area contributed by atoms with Gasteiger partial charge in [-0.25, -0.2) is 14.8 Å². The summed E-state index contributed by atoms with van der Waals surface area (Å²) in [7, 11) is 1.51. The Bertz CT molecular complexity index is 1090. The molecular formula is C17H14ClF3N4O3S. The zero-order chi connectivity index (χ0) is 21.5. The average molecular weight is 447 g/mol. The van der Waals surface area contributed by atoms with Gasteiger partial charge in [-0.1, -0.05) is 17.7 Å². The van der Waals surface area contributed by atoms with Crippen molar-refractivity contribution in [2.45, 2.75) is 17.1 Å². The number of carbonyl (C=O) groups excluding carboxylic acids is 1. The molecule has 0 saturated heterocycles. The third-order valence-electron chi connectivity index (χ3n) is 4.11. The van der Waals surface area contributed by atoms with Gasteiger partial charge in [-0.15, -0.1) is 0 Å². The first-order chi connectivity index (χ1) is 13.6. The summed E-state index contributed by atoms with van der Waals surface area (Å²) in [5.74, 6) is 0.114. The van der Waals surface area contributed by atoms with Crippen LogP contribution in [0.5, 0.6) is 0 Å². The Labute approximate surface area is 170 Å². The van der Waals surface area contributed by atoms with E-state index in [1.54, 1.807) is 0 Å². The Morgan fingerprint density at radius 3 is 2.76 bits per heavy atom. The molecule has 154 valence electrons. The number of carbonyl (C=O) groups is 1. The highest BCUT2D eigenvalue weighted by molar-refractivity contribution is 8.06. The second-order valence-corrected chi connectivity index (χ2v) is 7.81. The van der Waals surface area contributed by atoms with Crippen molar-refractivity contribution in [2.75, 3.05) is 6.61 Å². The molecule has 2 heterocycles. The molecule has 3 N–H and O–H groups in total. The highest BCUT2D eigenvalue weighted by atomic mass is 35.5. The maximum atomic E-state index is 13.0. The number of benzene rings is 1. The number of aryl methyl sites for hydroxylation is 1. The number of nitrogens with zero attached hydrogens (tertiary/aromatic N) is 3. The number of aromatic nitrogens is 3. The summed E-state index contributed by atoms with van der Waals surface area (Å²) in [4.78, 5) is 20.1. The molecule has 3 rings (SSSR count). The van der Waals surface area contributed by atoms with E-state index >= 15 is 0 Å². The van der Waals surface area contributed by atoms with Crippen LogP contribution in [0.4, 0.5) is 13.2 Å². The summed E-state index contributed by atoms with van der Waals surface area (Å²) in [6.45, 7) is -0.708. The number of hydrogen-bond acceptors (Lipinski definition) is 6. The molecule has 0 fully saturated rings. The summed E-state index contributed by atoms with van der Waals surface area (Å²) in [5, 5.41) is 8.09. The van der Waals surface area contributed by atoms with Crippen LogP contribution in [-0.2, 0) is 29.2 Å². The lowest BCUT2D eigenvalue weighted by Crippen LogP contribution is -2.39. The van der Waals surface area contributed by atoms with Gasteiger partial charge in [-0.05, 0) is 18.2 Å². The van der Waals surface area contributed by atoms with E-state index < -0.39 is 40.7 Å². The topological polar surface area (TPSA) is 117 Å². The van der Waals surface area contributed by atoms with E-state index in [9.17, 15) is 22.5 Å². The number of nitrogens with two attached hydrogens (primary N) is 1. The van der Waals surface area contributed by atoms with Crippen molar-refractivity contribution in [3.8, 4) is 11.4 Å². The van der Waals surface area contributed by atoms with Crippen LogP contribution < -0.4 is 5.73 Å². The van der Waals surface area contributed by atoms with E-state index in [1.807, 2.05) is 0 Å². The Morgan fingerprint density at radius 2 is 2.14 bits per heavy atom. The smallest absolute Gasteiger partial charge is 0.417 e. The Morgan fingerprint density at radius 1 is 1.45 bits per heavy atom. The van der Waals surface area contributed by atoms with Crippen LogP contribution in [0.2, 0.25) is 5.02 Å². The third kappa shape index (κ3) is 3.96. The Kier molecular flexibility index (Phi) is 5.88. The highest BCUT2D eigenvalue weighted by Gasteiger charge is 2.35. The summed E-state index contributed by atoms with van der Waals surface area (Å²) in [6.07, 6.45) is -3.90. The molecule has 29 heavy (non-hydrogen) atoms. The van der Waals surface area contributed by atoms with Gasteiger partial charge in [0.15, 0.2) is 10.5 Å². The maximum absolute atomic E-state index is 13.0. The van der Waals surface area contributed by atoms with Crippen molar-refractivity contribution in [1.82, 2.24) is 14.5 Å². The van der Waals surface area contributed by atoms with E-state index in [0.717, 1.165) is 6.07 Å². The molecule has 0 aliphatic heterocycles. The second-order valence-electron chi connectivity index (χ2n) is 6.05. The molecule has 7 nitrogen and oxygen atoms in total. The van der Waals surface area contributed by atoms with E-state index in [0.29, 0.717) is 6.20 Å². The lowest BCUT2D eigenvalue weighted by atomic mass is 10.2. The molecule has 0 radical (unpaired) electrons. The summed E-state index contributed by atoms with van der Waals surface area (Å²) < 4.78 is 53.1. The van der Waals surface area contributed by atoms with Crippen LogP contribution in [0.15, 0.2) is 35.4 Å². The number of imidazole rings is 1. The number of hydrogen-bond donors (Lipinski definition) is 2. The molecular weight excluding hydrogens is 433 g/mol. The minimum absolute atomic E-state index is 0.0182. The number of rotatable bonds is 4. The van der Waals surface area contributed by atoms with Crippen molar-refractivity contribution < 1.29 is 27.6 Å². The Balaban J connectivity index is 2.19. The molecule has 12 heteroatoms. The first-order valence-electron chi connectivity index (χ1n) is 8.06. The predicted molar refractivity (Wildman–Crippen MR) is 100 cm³/mol. The van der Waals surface area contributed by atoms with Crippen molar-refractivity contribution in [3.05, 3.63) is 41.0 Å². The molecule has 0 aliphatic rings. The number of halogens is 4. The van der Waals surface area contributed by atoms with E-state index in [1.165, 1.54) is 29.8 Å². The van der Waals surface area contributed by atoms with E-state index in [4.69, 9.17) is 22.4 Å². The highest BCUT2D eigenvalue weighted by Crippen LogP contribution is 2.36. The fourth-order valence-corrected chi connectivity index (χ4v) is 4.20. The number of alkyl halides is 3. The van der Waals surface area contributed by atoms with Crippen LogP contribution in [-0.4, -0.2) is 42.0 Å². The van der Waals surface area contributed by atoms with Gasteiger partial charge in [-0.3, -0.25) is 0 Å². The van der Waals surface area contributed by atoms with Gasteiger partial charge in [-0.2, -0.15) is 13.2 Å². The standard InChI is InChI=1S/C17H14ClF3N4O3S/c1-25-14(24-12-5-8(17(19,20)21)6-23-15(12)25)9-3-2-4-10(18)13(9)29(28)16(27)11(22)7-26/h2-6,11,26H,7,22H2,1H3. The van der Waals surface area contributed by atoms with Gasteiger partial charge in [0.05, 0.1) is 33.9 Å². The molecule has 0 spiro atoms. The fraction of sp³-hybridized carbons (Fsp3) is 0.235. The number of aliphatic hydroxyl groups is 1. The average Bonchev–Trinajstić information content (AvgIpc) is 3.01. The lowest BCUT2D eigenvalue weighted by Gasteiger charge is -2.15. The predicted octanol–water partition coefficient (Wildman–Crippen LogP) is 2.26. The largest absolute Gasteiger partial charge is 0.604 e. The molecule has 1 aromatic carbocycles. The molecule has 3 aromatic rings. The zero-order valence-corrected chi connectivity index (χ0v) is 16.3. The number of aliphatic hydroxyl groups excluding tert-OH is 1. The minimum Gasteiger partial charge on any atom is -0.604 e. The van der Waals surface area contributed by atoms with E-state index in [2.05, 4.69) is 9.97 Å². The lowest BCUT2D eigenvalue weighted by molar-refractivity contribution is -0.137. The molecule has 0 amide bonds. The van der Waals surface area contributed by atoms with Crippen LogP contribution >= 0.6 is 11.6 Å². The van der Waals surface area contributed by atoms with Crippen molar-refractivity contribution >= 4 is 39.1 Å². The zero-order valence-electron chi connectivity index (χ0n) is 14.8. The summed E-state index contributed by atoms with van der Waals surface area (Å²) in [6, 6.07) is 3.86. The third-order valence-corrected chi connectivity index (χ3v) is 6.02. The number of fused-ring (bicyclic) bond motifs is 1. The Hall–Kier alpha value is -2.18. The van der Waals surface area contributed by atoms with Gasteiger partial charge in [0.1, 0.15) is 17.4 Å². The van der Waals surface area contributed by atoms with Crippen molar-refractivity contribution in [2.24, 2.45) is 12.8 Å². The van der Waals surface area contributed by atoms with E-state index in [-0.39, 0.29) is 32.5 Å².